The SMILES string of the molecule is COc1cc(/C=N/NC(=O)Cc2cn3ccsc3n2)cc(OC)c1O. The second kappa shape index (κ2) is 7.22. The Balaban J connectivity index is 1.64. The van der Waals surface area contributed by atoms with Gasteiger partial charge in [-0.2, -0.15) is 5.10 Å². The summed E-state index contributed by atoms with van der Waals surface area (Å²) in [4.78, 5) is 17.1. The van der Waals surface area contributed by atoms with Crippen molar-refractivity contribution in [2.45, 2.75) is 6.42 Å². The van der Waals surface area contributed by atoms with E-state index in [1.807, 2.05) is 22.2 Å². The van der Waals surface area contributed by atoms with Crippen molar-refractivity contribution in [3.8, 4) is 17.2 Å². The standard InChI is InChI=1S/C16H16N4O4S/c1-23-12-5-10(6-13(24-2)15(12)22)8-17-19-14(21)7-11-9-20-3-4-25-16(20)18-11/h3-6,8-9,22H,7H2,1-2H3,(H,19,21)/b17-8+. The van der Waals surface area contributed by atoms with Crippen LogP contribution in [-0.4, -0.2) is 40.8 Å². The first-order valence-electron chi connectivity index (χ1n) is 7.28. The van der Waals surface area contributed by atoms with Gasteiger partial charge in [-0.1, -0.05) is 0 Å². The number of hydrazone groups is 1. The van der Waals surface area contributed by atoms with E-state index in [9.17, 15) is 9.90 Å². The number of fused-ring (bicyclic) bond motifs is 1. The molecule has 2 heterocycles. The molecule has 0 fully saturated rings. The highest BCUT2D eigenvalue weighted by Crippen LogP contribution is 2.36. The smallest absolute Gasteiger partial charge is 0.246 e. The Morgan fingerprint density at radius 1 is 1.40 bits per heavy atom. The number of amides is 1. The number of aromatic hydroxyl groups is 1. The second-order valence-electron chi connectivity index (χ2n) is 5.07. The van der Waals surface area contributed by atoms with E-state index in [-0.39, 0.29) is 29.6 Å². The Bertz CT molecular complexity index is 878. The number of phenolic OH excluding ortho intramolecular Hbond substituents is 1. The lowest BCUT2D eigenvalue weighted by atomic mass is 10.2. The van der Waals surface area contributed by atoms with Gasteiger partial charge in [-0.15, -0.1) is 11.3 Å². The normalized spacial score (nSPS) is 11.1. The van der Waals surface area contributed by atoms with E-state index in [0.717, 1.165) is 4.96 Å². The molecule has 0 aliphatic rings. The number of rotatable bonds is 6. The molecular formula is C16H16N4O4S. The van der Waals surface area contributed by atoms with Crippen molar-refractivity contribution in [1.29, 1.82) is 0 Å². The summed E-state index contributed by atoms with van der Waals surface area (Å²) in [6, 6.07) is 3.16. The summed E-state index contributed by atoms with van der Waals surface area (Å²) in [7, 11) is 2.87. The van der Waals surface area contributed by atoms with Crippen LogP contribution in [-0.2, 0) is 11.2 Å². The lowest BCUT2D eigenvalue weighted by molar-refractivity contribution is -0.120. The highest BCUT2D eigenvalue weighted by atomic mass is 32.1. The van der Waals surface area contributed by atoms with E-state index in [1.165, 1.54) is 31.8 Å². The molecule has 1 amide bonds. The van der Waals surface area contributed by atoms with Crippen molar-refractivity contribution < 1.29 is 19.4 Å². The lowest BCUT2D eigenvalue weighted by Gasteiger charge is -2.09. The van der Waals surface area contributed by atoms with Gasteiger partial charge in [0.2, 0.25) is 11.7 Å². The molecule has 25 heavy (non-hydrogen) atoms. The number of methoxy groups -OCH3 is 2. The van der Waals surface area contributed by atoms with Crippen molar-refractivity contribution in [2.75, 3.05) is 14.2 Å². The summed E-state index contributed by atoms with van der Waals surface area (Å²) in [5.74, 6) is 0.140. The Hall–Kier alpha value is -3.07. The average molecular weight is 360 g/mol. The molecular weight excluding hydrogens is 344 g/mol. The third kappa shape index (κ3) is 3.72. The summed E-state index contributed by atoms with van der Waals surface area (Å²) < 4.78 is 12.0. The van der Waals surface area contributed by atoms with Gasteiger partial charge in [-0.05, 0) is 12.1 Å². The number of carbonyl (C=O) groups is 1. The zero-order chi connectivity index (χ0) is 17.8. The van der Waals surface area contributed by atoms with Crippen LogP contribution in [0.15, 0.2) is 35.0 Å². The van der Waals surface area contributed by atoms with Gasteiger partial charge in [0.25, 0.3) is 0 Å². The maximum atomic E-state index is 11.9. The number of hydrogen-bond donors (Lipinski definition) is 2. The van der Waals surface area contributed by atoms with Crippen molar-refractivity contribution >= 4 is 28.4 Å². The fraction of sp³-hybridized carbons (Fsp3) is 0.188. The minimum absolute atomic E-state index is 0.0917. The fourth-order valence-corrected chi connectivity index (χ4v) is 2.95. The summed E-state index contributed by atoms with van der Waals surface area (Å²) in [5.41, 5.74) is 3.73. The number of nitrogens with zero attached hydrogens (tertiary/aromatic N) is 3. The maximum absolute atomic E-state index is 11.9. The Morgan fingerprint density at radius 2 is 2.12 bits per heavy atom. The van der Waals surface area contributed by atoms with Gasteiger partial charge in [-0.3, -0.25) is 9.20 Å². The van der Waals surface area contributed by atoms with Gasteiger partial charge in [0, 0.05) is 23.3 Å². The van der Waals surface area contributed by atoms with E-state index in [4.69, 9.17) is 9.47 Å². The quantitative estimate of drug-likeness (QED) is 0.516. The third-order valence-electron chi connectivity index (χ3n) is 3.39. The van der Waals surface area contributed by atoms with Crippen LogP contribution in [0, 0.1) is 0 Å². The van der Waals surface area contributed by atoms with E-state index in [2.05, 4.69) is 15.5 Å². The first-order valence-corrected chi connectivity index (χ1v) is 8.16. The Kier molecular flexibility index (Phi) is 4.85. The maximum Gasteiger partial charge on any atom is 0.246 e. The van der Waals surface area contributed by atoms with Crippen LogP contribution in [0.2, 0.25) is 0 Å². The molecule has 0 spiro atoms. The number of carbonyl (C=O) groups excluding carboxylic acids is 1. The van der Waals surface area contributed by atoms with Gasteiger partial charge in [0.05, 0.1) is 32.5 Å². The Morgan fingerprint density at radius 3 is 2.76 bits per heavy atom. The summed E-state index contributed by atoms with van der Waals surface area (Å²) in [5, 5.41) is 15.7. The van der Waals surface area contributed by atoms with E-state index < -0.39 is 0 Å². The second-order valence-corrected chi connectivity index (χ2v) is 5.94. The molecule has 0 unspecified atom stereocenters. The molecule has 3 aromatic rings. The molecule has 0 aliphatic carbocycles. The van der Waals surface area contributed by atoms with Gasteiger partial charge in [0.1, 0.15) is 0 Å². The van der Waals surface area contributed by atoms with E-state index in [1.54, 1.807) is 12.1 Å². The molecule has 1 aromatic carbocycles. The predicted octanol–water partition coefficient (Wildman–Crippen LogP) is 1.81. The highest BCUT2D eigenvalue weighted by molar-refractivity contribution is 7.15. The number of ether oxygens (including phenoxy) is 2. The van der Waals surface area contributed by atoms with Crippen molar-refractivity contribution in [3.63, 3.8) is 0 Å². The largest absolute Gasteiger partial charge is 0.502 e. The van der Waals surface area contributed by atoms with Crippen LogP contribution in [0.5, 0.6) is 17.2 Å². The van der Waals surface area contributed by atoms with Crippen LogP contribution >= 0.6 is 11.3 Å². The number of thiazole rings is 1. The van der Waals surface area contributed by atoms with Gasteiger partial charge in [-0.25, -0.2) is 10.4 Å². The van der Waals surface area contributed by atoms with E-state index >= 15 is 0 Å². The van der Waals surface area contributed by atoms with Crippen molar-refractivity contribution in [1.82, 2.24) is 14.8 Å². The zero-order valence-electron chi connectivity index (χ0n) is 13.6. The van der Waals surface area contributed by atoms with Crippen molar-refractivity contribution in [3.05, 3.63) is 41.2 Å². The molecule has 0 radical (unpaired) electrons. The topological polar surface area (TPSA) is 97.5 Å². The average Bonchev–Trinajstić information content (AvgIpc) is 3.17. The molecule has 0 aliphatic heterocycles. The fourth-order valence-electron chi connectivity index (χ4n) is 2.23. The number of imidazole rings is 1. The van der Waals surface area contributed by atoms with Gasteiger partial charge in [0.15, 0.2) is 16.5 Å². The number of benzene rings is 1. The first-order chi connectivity index (χ1) is 12.1. The van der Waals surface area contributed by atoms with Gasteiger partial charge < -0.3 is 14.6 Å². The summed E-state index contributed by atoms with van der Waals surface area (Å²) in [6.07, 6.45) is 5.27. The number of phenols is 1. The molecule has 8 nitrogen and oxygen atoms in total. The Labute approximate surface area is 147 Å². The lowest BCUT2D eigenvalue weighted by Crippen LogP contribution is -2.19. The van der Waals surface area contributed by atoms with Crippen LogP contribution in [0.4, 0.5) is 0 Å². The third-order valence-corrected chi connectivity index (χ3v) is 4.16. The minimum Gasteiger partial charge on any atom is -0.502 e. The van der Waals surface area contributed by atoms with Crippen LogP contribution in [0.25, 0.3) is 4.96 Å². The zero-order valence-corrected chi connectivity index (χ0v) is 14.4. The molecule has 0 saturated carbocycles. The first kappa shape index (κ1) is 16.8. The predicted molar refractivity (Wildman–Crippen MR) is 93.7 cm³/mol. The van der Waals surface area contributed by atoms with Crippen LogP contribution in [0.1, 0.15) is 11.3 Å². The number of nitrogens with one attached hydrogen (secondary N) is 1. The molecule has 3 rings (SSSR count). The number of hydrogen-bond acceptors (Lipinski definition) is 7. The monoisotopic (exact) mass is 360 g/mol. The highest BCUT2D eigenvalue weighted by Gasteiger charge is 2.11. The van der Waals surface area contributed by atoms with Crippen LogP contribution in [0.3, 0.4) is 0 Å². The molecule has 0 atom stereocenters. The minimum atomic E-state index is -0.278. The van der Waals surface area contributed by atoms with Crippen molar-refractivity contribution in [2.24, 2.45) is 5.10 Å². The summed E-state index contributed by atoms with van der Waals surface area (Å²) >= 11 is 1.50. The molecule has 0 bridgehead atoms. The summed E-state index contributed by atoms with van der Waals surface area (Å²) in [6.45, 7) is 0. The van der Waals surface area contributed by atoms with Crippen LogP contribution < -0.4 is 14.9 Å². The molecule has 130 valence electrons. The number of aromatic nitrogens is 2. The van der Waals surface area contributed by atoms with Gasteiger partial charge >= 0.3 is 0 Å². The molecule has 2 N–H and O–H groups in total. The molecule has 9 heteroatoms. The molecule has 2 aromatic heterocycles. The molecule has 0 saturated heterocycles. The van der Waals surface area contributed by atoms with E-state index in [0.29, 0.717) is 11.3 Å².